The van der Waals surface area contributed by atoms with Gasteiger partial charge in [0, 0.05) is 26.6 Å². The summed E-state index contributed by atoms with van der Waals surface area (Å²) in [6, 6.07) is 7.92. The zero-order valence-corrected chi connectivity index (χ0v) is 13.9. The summed E-state index contributed by atoms with van der Waals surface area (Å²) in [4.78, 5) is 36.4. The van der Waals surface area contributed by atoms with Crippen molar-refractivity contribution in [3.05, 3.63) is 30.1 Å². The number of hydrogen-bond donors (Lipinski definition) is 1. The summed E-state index contributed by atoms with van der Waals surface area (Å²) in [6.07, 6.45) is 3.36. The topological polar surface area (TPSA) is 69.3 Å². The second kappa shape index (κ2) is 5.92. The third kappa shape index (κ3) is 2.56. The van der Waals surface area contributed by atoms with Crippen LogP contribution in [0, 0.1) is 5.92 Å². The first kappa shape index (κ1) is 15.2. The molecule has 2 aliphatic heterocycles. The molecule has 1 aromatic heterocycles. The van der Waals surface area contributed by atoms with E-state index in [2.05, 4.69) is 4.98 Å². The van der Waals surface area contributed by atoms with Crippen molar-refractivity contribution in [2.75, 3.05) is 20.1 Å². The molecule has 6 nitrogen and oxygen atoms in total. The SMILES string of the molecule is CN1C[C@H](C(=O)N2CCCC[C@@H]2c2nc3ccccc3[nH]2)CC1=O. The summed E-state index contributed by atoms with van der Waals surface area (Å²) in [5, 5.41) is 0. The van der Waals surface area contributed by atoms with Crippen molar-refractivity contribution in [1.82, 2.24) is 19.8 Å². The smallest absolute Gasteiger partial charge is 0.228 e. The van der Waals surface area contributed by atoms with Crippen molar-refractivity contribution in [3.63, 3.8) is 0 Å². The van der Waals surface area contributed by atoms with Gasteiger partial charge in [0.05, 0.1) is 23.0 Å². The molecule has 24 heavy (non-hydrogen) atoms. The minimum Gasteiger partial charge on any atom is -0.345 e. The number of amides is 2. The first-order valence-electron chi connectivity index (χ1n) is 8.62. The highest BCUT2D eigenvalue weighted by atomic mass is 16.2. The zero-order valence-electron chi connectivity index (χ0n) is 13.9. The maximum atomic E-state index is 13.0. The summed E-state index contributed by atoms with van der Waals surface area (Å²) in [7, 11) is 1.77. The lowest BCUT2D eigenvalue weighted by molar-refractivity contribution is -0.139. The Balaban J connectivity index is 1.61. The maximum absolute atomic E-state index is 13.0. The number of rotatable bonds is 2. The number of imidazole rings is 1. The molecule has 126 valence electrons. The Kier molecular flexibility index (Phi) is 3.75. The fourth-order valence-corrected chi connectivity index (χ4v) is 3.87. The Morgan fingerprint density at radius 1 is 1.29 bits per heavy atom. The molecular weight excluding hydrogens is 304 g/mol. The fourth-order valence-electron chi connectivity index (χ4n) is 3.87. The molecule has 2 amide bonds. The van der Waals surface area contributed by atoms with Crippen LogP contribution in [0.3, 0.4) is 0 Å². The molecule has 0 unspecified atom stereocenters. The van der Waals surface area contributed by atoms with Crippen LogP contribution in [0.15, 0.2) is 24.3 Å². The molecule has 0 saturated carbocycles. The van der Waals surface area contributed by atoms with Gasteiger partial charge in [0.25, 0.3) is 0 Å². The van der Waals surface area contributed by atoms with E-state index >= 15 is 0 Å². The largest absolute Gasteiger partial charge is 0.345 e. The second-order valence-electron chi connectivity index (χ2n) is 6.86. The van der Waals surface area contributed by atoms with Gasteiger partial charge in [0.15, 0.2) is 0 Å². The number of benzene rings is 1. The van der Waals surface area contributed by atoms with Gasteiger partial charge in [-0.25, -0.2) is 4.98 Å². The highest BCUT2D eigenvalue weighted by Crippen LogP contribution is 2.33. The van der Waals surface area contributed by atoms with Crippen molar-refractivity contribution in [3.8, 4) is 0 Å². The molecule has 1 N–H and O–H groups in total. The Hall–Kier alpha value is -2.37. The average molecular weight is 326 g/mol. The van der Waals surface area contributed by atoms with Crippen LogP contribution in [-0.4, -0.2) is 51.7 Å². The number of fused-ring (bicyclic) bond motifs is 1. The number of carbonyl (C=O) groups is 2. The van der Waals surface area contributed by atoms with E-state index in [0.717, 1.165) is 42.7 Å². The summed E-state index contributed by atoms with van der Waals surface area (Å²) in [5.74, 6) is 0.804. The number of nitrogens with one attached hydrogen (secondary N) is 1. The number of H-pyrrole nitrogens is 1. The van der Waals surface area contributed by atoms with Crippen molar-refractivity contribution in [1.29, 1.82) is 0 Å². The van der Waals surface area contributed by atoms with Gasteiger partial charge in [-0.3, -0.25) is 9.59 Å². The number of nitrogens with zero attached hydrogens (tertiary/aromatic N) is 3. The standard InChI is InChI=1S/C18H22N4O2/c1-21-11-12(10-16(21)23)18(24)22-9-5-4-8-15(22)17-19-13-6-2-3-7-14(13)20-17/h2-3,6-7,12,15H,4-5,8-11H2,1H3,(H,19,20)/t12-,15-/m1/s1. The van der Waals surface area contributed by atoms with Gasteiger partial charge in [-0.1, -0.05) is 12.1 Å². The number of aromatic nitrogens is 2. The van der Waals surface area contributed by atoms with E-state index in [1.165, 1.54) is 0 Å². The highest BCUT2D eigenvalue weighted by molar-refractivity contribution is 5.89. The molecule has 2 aliphatic rings. The van der Waals surface area contributed by atoms with E-state index in [4.69, 9.17) is 4.98 Å². The predicted molar refractivity (Wildman–Crippen MR) is 90.1 cm³/mol. The van der Waals surface area contributed by atoms with E-state index in [9.17, 15) is 9.59 Å². The maximum Gasteiger partial charge on any atom is 0.228 e. The average Bonchev–Trinajstić information content (AvgIpc) is 3.18. The van der Waals surface area contributed by atoms with E-state index in [0.29, 0.717) is 13.0 Å². The van der Waals surface area contributed by atoms with E-state index in [-0.39, 0.29) is 23.8 Å². The van der Waals surface area contributed by atoms with Gasteiger partial charge in [-0.15, -0.1) is 0 Å². The fraction of sp³-hybridized carbons (Fsp3) is 0.500. The van der Waals surface area contributed by atoms with Gasteiger partial charge >= 0.3 is 0 Å². The monoisotopic (exact) mass is 326 g/mol. The molecule has 0 bridgehead atoms. The van der Waals surface area contributed by atoms with Crippen molar-refractivity contribution < 1.29 is 9.59 Å². The number of likely N-dealkylation sites (tertiary alicyclic amines) is 2. The van der Waals surface area contributed by atoms with Crippen LogP contribution in [0.2, 0.25) is 0 Å². The van der Waals surface area contributed by atoms with Crippen LogP contribution < -0.4 is 0 Å². The number of para-hydroxylation sites is 2. The van der Waals surface area contributed by atoms with E-state index < -0.39 is 0 Å². The molecule has 1 aromatic carbocycles. The molecular formula is C18H22N4O2. The molecule has 2 fully saturated rings. The van der Waals surface area contributed by atoms with E-state index in [1.807, 2.05) is 29.2 Å². The third-order valence-corrected chi connectivity index (χ3v) is 5.20. The lowest BCUT2D eigenvalue weighted by Gasteiger charge is -2.36. The normalized spacial score (nSPS) is 24.8. The highest BCUT2D eigenvalue weighted by Gasteiger charge is 2.38. The Morgan fingerprint density at radius 3 is 2.88 bits per heavy atom. The molecule has 0 spiro atoms. The molecule has 2 saturated heterocycles. The quantitative estimate of drug-likeness (QED) is 0.919. The van der Waals surface area contributed by atoms with Crippen molar-refractivity contribution in [2.45, 2.75) is 31.7 Å². The van der Waals surface area contributed by atoms with Gasteiger partial charge < -0.3 is 14.8 Å². The van der Waals surface area contributed by atoms with E-state index in [1.54, 1.807) is 11.9 Å². The second-order valence-corrected chi connectivity index (χ2v) is 6.86. The molecule has 6 heteroatoms. The third-order valence-electron chi connectivity index (χ3n) is 5.20. The Bertz CT molecular complexity index is 751. The number of piperidine rings is 1. The van der Waals surface area contributed by atoms with Gasteiger partial charge in [-0.2, -0.15) is 0 Å². The van der Waals surface area contributed by atoms with Crippen LogP contribution in [0.25, 0.3) is 11.0 Å². The first-order chi connectivity index (χ1) is 11.6. The summed E-state index contributed by atoms with van der Waals surface area (Å²) in [6.45, 7) is 1.27. The zero-order chi connectivity index (χ0) is 16.7. The molecule has 0 aliphatic carbocycles. The molecule has 4 rings (SSSR count). The van der Waals surface area contributed by atoms with Crippen LogP contribution in [0.5, 0.6) is 0 Å². The van der Waals surface area contributed by atoms with Gasteiger partial charge in [-0.05, 0) is 31.4 Å². The van der Waals surface area contributed by atoms with Gasteiger partial charge in [0.2, 0.25) is 11.8 Å². The Labute approximate surface area is 140 Å². The summed E-state index contributed by atoms with van der Waals surface area (Å²) < 4.78 is 0. The lowest BCUT2D eigenvalue weighted by atomic mass is 9.98. The summed E-state index contributed by atoms with van der Waals surface area (Å²) in [5.41, 5.74) is 1.93. The van der Waals surface area contributed by atoms with Crippen LogP contribution >= 0.6 is 0 Å². The van der Waals surface area contributed by atoms with Crippen LogP contribution in [0.4, 0.5) is 0 Å². The number of carbonyl (C=O) groups excluding carboxylic acids is 2. The number of aromatic amines is 1. The summed E-state index contributed by atoms with van der Waals surface area (Å²) >= 11 is 0. The molecule has 3 heterocycles. The molecule has 0 radical (unpaired) electrons. The minimum atomic E-state index is -0.215. The van der Waals surface area contributed by atoms with Gasteiger partial charge in [0.1, 0.15) is 5.82 Å². The molecule has 2 atom stereocenters. The predicted octanol–water partition coefficient (Wildman–Crippen LogP) is 2.09. The number of hydrogen-bond acceptors (Lipinski definition) is 3. The molecule has 2 aromatic rings. The van der Waals surface area contributed by atoms with Crippen molar-refractivity contribution >= 4 is 22.8 Å². The van der Waals surface area contributed by atoms with Crippen LogP contribution in [-0.2, 0) is 9.59 Å². The van der Waals surface area contributed by atoms with Crippen molar-refractivity contribution in [2.24, 2.45) is 5.92 Å². The Morgan fingerprint density at radius 2 is 2.12 bits per heavy atom. The van der Waals surface area contributed by atoms with Crippen LogP contribution in [0.1, 0.15) is 37.5 Å². The minimum absolute atomic E-state index is 0.0142. The lowest BCUT2D eigenvalue weighted by Crippen LogP contribution is -2.42. The first-order valence-corrected chi connectivity index (χ1v) is 8.62.